The Labute approximate surface area is 145 Å². The fourth-order valence-corrected chi connectivity index (χ4v) is 4.48. The van der Waals surface area contributed by atoms with Crippen LogP contribution in [-0.4, -0.2) is 36.9 Å². The number of benzene rings is 2. The zero-order valence-electron chi connectivity index (χ0n) is 12.8. The fraction of sp³-hybridized carbons (Fsp3) is 0.235. The van der Waals surface area contributed by atoms with Gasteiger partial charge in [-0.05, 0) is 48.2 Å². The molecule has 3 rings (SSSR count). The van der Waals surface area contributed by atoms with Crippen LogP contribution in [0.1, 0.15) is 23.2 Å². The predicted octanol–water partition coefficient (Wildman–Crippen LogP) is 3.49. The molecule has 1 aliphatic heterocycles. The average Bonchev–Trinajstić information content (AvgIpc) is 3.10. The average molecular weight is 366 g/mol. The van der Waals surface area contributed by atoms with Crippen molar-refractivity contribution in [3.63, 3.8) is 0 Å². The summed E-state index contributed by atoms with van der Waals surface area (Å²) >= 11 is 5.87. The van der Waals surface area contributed by atoms with Crippen LogP contribution in [0, 0.1) is 0 Å². The first kappa shape index (κ1) is 17.0. The number of carboxylic acids is 1. The van der Waals surface area contributed by atoms with E-state index in [9.17, 15) is 13.2 Å². The SMILES string of the molecule is O=C(O)c1cc(-c2ccc(S(=O)(=O)N3CCCC3)cc2)ccc1Cl. The number of rotatable bonds is 4. The zero-order valence-corrected chi connectivity index (χ0v) is 14.3. The van der Waals surface area contributed by atoms with E-state index in [-0.39, 0.29) is 15.5 Å². The van der Waals surface area contributed by atoms with Crippen LogP contribution >= 0.6 is 11.6 Å². The van der Waals surface area contributed by atoms with Crippen molar-refractivity contribution in [2.24, 2.45) is 0 Å². The Morgan fingerprint density at radius 3 is 2.17 bits per heavy atom. The summed E-state index contributed by atoms with van der Waals surface area (Å²) in [6.45, 7) is 1.12. The van der Waals surface area contributed by atoms with Crippen molar-refractivity contribution in [2.75, 3.05) is 13.1 Å². The lowest BCUT2D eigenvalue weighted by atomic mass is 10.0. The molecule has 5 nitrogen and oxygen atoms in total. The number of nitrogens with zero attached hydrogens (tertiary/aromatic N) is 1. The smallest absolute Gasteiger partial charge is 0.337 e. The summed E-state index contributed by atoms with van der Waals surface area (Å²) < 4.78 is 26.5. The summed E-state index contributed by atoms with van der Waals surface area (Å²) in [5.74, 6) is -1.10. The van der Waals surface area contributed by atoms with Crippen molar-refractivity contribution in [3.8, 4) is 11.1 Å². The second-order valence-corrected chi connectivity index (χ2v) is 7.98. The highest BCUT2D eigenvalue weighted by Gasteiger charge is 2.26. The minimum Gasteiger partial charge on any atom is -0.478 e. The van der Waals surface area contributed by atoms with Gasteiger partial charge in [-0.1, -0.05) is 29.8 Å². The largest absolute Gasteiger partial charge is 0.478 e. The zero-order chi connectivity index (χ0) is 17.3. The van der Waals surface area contributed by atoms with Crippen molar-refractivity contribution in [1.82, 2.24) is 4.31 Å². The highest BCUT2D eigenvalue weighted by atomic mass is 35.5. The molecule has 2 aromatic rings. The summed E-state index contributed by atoms with van der Waals surface area (Å²) in [6.07, 6.45) is 1.78. The number of halogens is 1. The van der Waals surface area contributed by atoms with Crippen LogP contribution in [0.3, 0.4) is 0 Å². The number of hydrogen-bond acceptors (Lipinski definition) is 3. The minimum absolute atomic E-state index is 0.0166. The highest BCUT2D eigenvalue weighted by molar-refractivity contribution is 7.89. The van der Waals surface area contributed by atoms with Crippen LogP contribution in [0.2, 0.25) is 5.02 Å². The topological polar surface area (TPSA) is 74.7 Å². The first-order valence-corrected chi connectivity index (χ1v) is 9.35. The van der Waals surface area contributed by atoms with Crippen LogP contribution in [0.15, 0.2) is 47.4 Å². The van der Waals surface area contributed by atoms with E-state index in [0.29, 0.717) is 18.7 Å². The van der Waals surface area contributed by atoms with Crippen LogP contribution in [0.25, 0.3) is 11.1 Å². The third kappa shape index (κ3) is 3.17. The van der Waals surface area contributed by atoms with Crippen molar-refractivity contribution in [1.29, 1.82) is 0 Å². The Kier molecular flexibility index (Phi) is 4.62. The summed E-state index contributed by atoms with van der Waals surface area (Å²) in [5, 5.41) is 9.31. The molecule has 126 valence electrons. The van der Waals surface area contributed by atoms with Gasteiger partial charge in [-0.25, -0.2) is 13.2 Å². The van der Waals surface area contributed by atoms with Crippen molar-refractivity contribution < 1.29 is 18.3 Å². The molecule has 0 spiro atoms. The van der Waals surface area contributed by atoms with Gasteiger partial charge in [0.15, 0.2) is 0 Å². The monoisotopic (exact) mass is 365 g/mol. The van der Waals surface area contributed by atoms with Crippen LogP contribution in [0.5, 0.6) is 0 Å². The molecule has 0 aromatic heterocycles. The van der Waals surface area contributed by atoms with E-state index in [1.807, 2.05) is 0 Å². The van der Waals surface area contributed by atoms with Crippen LogP contribution in [-0.2, 0) is 10.0 Å². The molecule has 0 radical (unpaired) electrons. The van der Waals surface area contributed by atoms with E-state index >= 15 is 0 Å². The summed E-state index contributed by atoms with van der Waals surface area (Å²) in [5.41, 5.74) is 1.42. The van der Waals surface area contributed by atoms with Crippen LogP contribution < -0.4 is 0 Å². The van der Waals surface area contributed by atoms with E-state index in [1.54, 1.807) is 30.3 Å². The van der Waals surface area contributed by atoms with E-state index in [1.165, 1.54) is 16.4 Å². The Morgan fingerprint density at radius 1 is 1.00 bits per heavy atom. The number of hydrogen-bond donors (Lipinski definition) is 1. The molecule has 0 atom stereocenters. The first-order valence-electron chi connectivity index (χ1n) is 7.53. The van der Waals surface area contributed by atoms with E-state index in [2.05, 4.69) is 0 Å². The number of sulfonamides is 1. The molecular weight excluding hydrogens is 350 g/mol. The lowest BCUT2D eigenvalue weighted by molar-refractivity contribution is 0.0697. The Morgan fingerprint density at radius 2 is 1.58 bits per heavy atom. The highest BCUT2D eigenvalue weighted by Crippen LogP contribution is 2.27. The normalized spacial score (nSPS) is 15.5. The Bertz CT molecular complexity index is 872. The minimum atomic E-state index is -3.45. The molecular formula is C17H16ClNO4S. The number of carboxylic acid groups (broad SMARTS) is 1. The molecule has 0 bridgehead atoms. The van der Waals surface area contributed by atoms with Crippen molar-refractivity contribution in [2.45, 2.75) is 17.7 Å². The summed E-state index contributed by atoms with van der Waals surface area (Å²) in [6, 6.07) is 11.2. The maximum absolute atomic E-state index is 12.5. The first-order chi connectivity index (χ1) is 11.4. The molecule has 1 N–H and O–H groups in total. The van der Waals surface area contributed by atoms with Gasteiger partial charge in [-0.15, -0.1) is 0 Å². The van der Waals surface area contributed by atoms with E-state index in [4.69, 9.17) is 16.7 Å². The van der Waals surface area contributed by atoms with Gasteiger partial charge in [0.05, 0.1) is 15.5 Å². The van der Waals surface area contributed by atoms with Crippen molar-refractivity contribution in [3.05, 3.63) is 53.1 Å². The molecule has 2 aromatic carbocycles. The van der Waals surface area contributed by atoms with E-state index in [0.717, 1.165) is 18.4 Å². The molecule has 1 fully saturated rings. The maximum Gasteiger partial charge on any atom is 0.337 e. The molecule has 1 heterocycles. The van der Waals surface area contributed by atoms with Gasteiger partial charge in [-0.2, -0.15) is 4.31 Å². The standard InChI is InChI=1S/C17H16ClNO4S/c18-16-8-5-13(11-15(16)17(20)21)12-3-6-14(7-4-12)24(22,23)19-9-1-2-10-19/h3-8,11H,1-2,9-10H2,(H,20,21). The second-order valence-electron chi connectivity index (χ2n) is 5.64. The molecule has 0 unspecified atom stereocenters. The summed E-state index contributed by atoms with van der Waals surface area (Å²) in [4.78, 5) is 11.4. The fourth-order valence-electron chi connectivity index (χ4n) is 2.77. The predicted molar refractivity (Wildman–Crippen MR) is 91.8 cm³/mol. The second kappa shape index (κ2) is 6.55. The van der Waals surface area contributed by atoms with Gasteiger partial charge >= 0.3 is 5.97 Å². The lowest BCUT2D eigenvalue weighted by Gasteiger charge is -2.15. The number of aromatic carboxylic acids is 1. The number of carbonyl (C=O) groups is 1. The Balaban J connectivity index is 1.93. The van der Waals surface area contributed by atoms with Gasteiger partial charge in [-0.3, -0.25) is 0 Å². The van der Waals surface area contributed by atoms with Gasteiger partial charge < -0.3 is 5.11 Å². The third-order valence-corrected chi connectivity index (χ3v) is 6.33. The molecule has 0 saturated carbocycles. The van der Waals surface area contributed by atoms with E-state index < -0.39 is 16.0 Å². The maximum atomic E-state index is 12.5. The van der Waals surface area contributed by atoms with Crippen molar-refractivity contribution >= 4 is 27.6 Å². The molecule has 0 aliphatic carbocycles. The Hall–Kier alpha value is -1.89. The quantitative estimate of drug-likeness (QED) is 0.899. The molecule has 1 aliphatic rings. The van der Waals surface area contributed by atoms with Gasteiger partial charge in [0.25, 0.3) is 0 Å². The van der Waals surface area contributed by atoms with Gasteiger partial charge in [0.1, 0.15) is 0 Å². The lowest BCUT2D eigenvalue weighted by Crippen LogP contribution is -2.27. The molecule has 1 saturated heterocycles. The molecule has 0 amide bonds. The summed E-state index contributed by atoms with van der Waals surface area (Å²) in [7, 11) is -3.45. The third-order valence-electron chi connectivity index (χ3n) is 4.09. The van der Waals surface area contributed by atoms with Crippen LogP contribution in [0.4, 0.5) is 0 Å². The van der Waals surface area contributed by atoms with Gasteiger partial charge in [0.2, 0.25) is 10.0 Å². The molecule has 24 heavy (non-hydrogen) atoms. The molecule has 7 heteroatoms. The van der Waals surface area contributed by atoms with Gasteiger partial charge in [0, 0.05) is 13.1 Å².